The van der Waals surface area contributed by atoms with Crippen LogP contribution in [0.2, 0.25) is 0 Å². The summed E-state index contributed by atoms with van der Waals surface area (Å²) in [7, 11) is 3.30. The summed E-state index contributed by atoms with van der Waals surface area (Å²) in [5.41, 5.74) is 1.53. The van der Waals surface area contributed by atoms with E-state index in [1.165, 1.54) is 4.90 Å². The van der Waals surface area contributed by atoms with Crippen LogP contribution in [0.25, 0.3) is 0 Å². The number of nitrogens with zero attached hydrogens (tertiary/aromatic N) is 1. The van der Waals surface area contributed by atoms with Crippen LogP contribution < -0.4 is 5.32 Å². The third-order valence-corrected chi connectivity index (χ3v) is 2.66. The number of halogens is 1. The number of rotatable bonds is 3. The summed E-state index contributed by atoms with van der Waals surface area (Å²) >= 11 is 3.33. The highest BCUT2D eigenvalue weighted by atomic mass is 79.9. The second-order valence-electron chi connectivity index (χ2n) is 3.99. The molecule has 0 spiro atoms. The summed E-state index contributed by atoms with van der Waals surface area (Å²) in [6, 6.07) is 5.42. The summed E-state index contributed by atoms with van der Waals surface area (Å²) in [4.78, 5) is 24.5. The number of carbonyl (C=O) groups is 2. The predicted octanol–water partition coefficient (Wildman–Crippen LogP) is 1.58. The van der Waals surface area contributed by atoms with E-state index in [0.29, 0.717) is 5.56 Å². The van der Waals surface area contributed by atoms with E-state index in [0.717, 1.165) is 10.0 Å². The number of amides is 2. The third kappa shape index (κ3) is 4.19. The molecular formula is C12H15BrN2O2. The minimum Gasteiger partial charge on any atom is -0.347 e. The molecule has 0 radical (unpaired) electrons. The van der Waals surface area contributed by atoms with Crippen molar-refractivity contribution in [1.29, 1.82) is 0 Å². The number of hydrogen-bond acceptors (Lipinski definition) is 2. The van der Waals surface area contributed by atoms with Crippen LogP contribution in [0.3, 0.4) is 0 Å². The lowest BCUT2D eigenvalue weighted by Crippen LogP contribution is -2.36. The molecule has 0 heterocycles. The Labute approximate surface area is 109 Å². The number of likely N-dealkylation sites (N-methyl/N-ethyl adjacent to an activating group) is 1. The van der Waals surface area contributed by atoms with Crippen LogP contribution in [0, 0.1) is 6.92 Å². The van der Waals surface area contributed by atoms with Gasteiger partial charge < -0.3 is 10.2 Å². The molecule has 0 saturated carbocycles. The van der Waals surface area contributed by atoms with E-state index in [-0.39, 0.29) is 18.4 Å². The van der Waals surface area contributed by atoms with Gasteiger partial charge in [0.15, 0.2) is 0 Å². The summed E-state index contributed by atoms with van der Waals surface area (Å²) in [5.74, 6) is -0.380. The number of nitrogens with one attached hydrogen (secondary N) is 1. The molecule has 5 heteroatoms. The first-order chi connectivity index (χ1) is 7.90. The quantitative estimate of drug-likeness (QED) is 0.921. The van der Waals surface area contributed by atoms with E-state index in [1.54, 1.807) is 26.2 Å². The van der Waals surface area contributed by atoms with Crippen molar-refractivity contribution in [2.45, 2.75) is 6.92 Å². The molecule has 0 saturated heterocycles. The van der Waals surface area contributed by atoms with Gasteiger partial charge in [0.25, 0.3) is 5.91 Å². The SMILES string of the molecule is Cc1cc(Br)cc(C(=O)NCC(=O)N(C)C)c1. The highest BCUT2D eigenvalue weighted by molar-refractivity contribution is 9.10. The second kappa shape index (κ2) is 5.82. The first-order valence-electron chi connectivity index (χ1n) is 5.15. The Morgan fingerprint density at radius 2 is 1.94 bits per heavy atom. The van der Waals surface area contributed by atoms with Crippen LogP contribution in [0.5, 0.6) is 0 Å². The summed E-state index contributed by atoms with van der Waals surface area (Å²) in [5, 5.41) is 2.58. The fourth-order valence-electron chi connectivity index (χ4n) is 1.28. The largest absolute Gasteiger partial charge is 0.347 e. The van der Waals surface area contributed by atoms with Gasteiger partial charge in [-0.25, -0.2) is 0 Å². The van der Waals surface area contributed by atoms with Crippen molar-refractivity contribution in [2.24, 2.45) is 0 Å². The zero-order chi connectivity index (χ0) is 13.0. The van der Waals surface area contributed by atoms with E-state index in [4.69, 9.17) is 0 Å². The Morgan fingerprint density at radius 1 is 1.29 bits per heavy atom. The molecule has 1 rings (SSSR count). The smallest absolute Gasteiger partial charge is 0.251 e. The van der Waals surface area contributed by atoms with Gasteiger partial charge >= 0.3 is 0 Å². The molecule has 0 bridgehead atoms. The molecule has 0 unspecified atom stereocenters. The van der Waals surface area contributed by atoms with Crippen molar-refractivity contribution in [3.05, 3.63) is 33.8 Å². The van der Waals surface area contributed by atoms with Crippen LogP contribution >= 0.6 is 15.9 Å². The van der Waals surface area contributed by atoms with Crippen molar-refractivity contribution >= 4 is 27.7 Å². The van der Waals surface area contributed by atoms with E-state index in [1.807, 2.05) is 13.0 Å². The van der Waals surface area contributed by atoms with Crippen molar-refractivity contribution < 1.29 is 9.59 Å². The van der Waals surface area contributed by atoms with Crippen LogP contribution in [0.1, 0.15) is 15.9 Å². The molecule has 0 atom stereocenters. The lowest BCUT2D eigenvalue weighted by molar-refractivity contribution is -0.127. The van der Waals surface area contributed by atoms with Gasteiger partial charge in [0.1, 0.15) is 0 Å². The molecule has 0 aliphatic rings. The maximum atomic E-state index is 11.8. The Bertz CT molecular complexity index is 424. The molecule has 0 fully saturated rings. The van der Waals surface area contributed by atoms with Gasteiger partial charge in [0.2, 0.25) is 5.91 Å². The molecule has 0 aliphatic heterocycles. The van der Waals surface area contributed by atoms with Crippen LogP contribution in [-0.4, -0.2) is 37.4 Å². The minimum absolute atomic E-state index is 0.0113. The number of benzene rings is 1. The number of hydrogen-bond donors (Lipinski definition) is 1. The standard InChI is InChI=1S/C12H15BrN2O2/c1-8-4-9(6-10(13)5-8)12(17)14-7-11(16)15(2)3/h4-6H,7H2,1-3H3,(H,14,17). The van der Waals surface area contributed by atoms with Crippen molar-refractivity contribution in [3.8, 4) is 0 Å². The number of aryl methyl sites for hydroxylation is 1. The Balaban J connectivity index is 2.67. The number of carbonyl (C=O) groups excluding carboxylic acids is 2. The van der Waals surface area contributed by atoms with Gasteiger partial charge in [-0.1, -0.05) is 15.9 Å². The second-order valence-corrected chi connectivity index (χ2v) is 4.90. The molecule has 4 nitrogen and oxygen atoms in total. The third-order valence-electron chi connectivity index (χ3n) is 2.20. The summed E-state index contributed by atoms with van der Waals surface area (Å²) in [6.45, 7) is 1.92. The molecule has 1 aromatic carbocycles. The van der Waals surface area contributed by atoms with E-state index < -0.39 is 0 Å². The molecule has 0 aromatic heterocycles. The molecule has 1 aromatic rings. The van der Waals surface area contributed by atoms with E-state index in [2.05, 4.69) is 21.2 Å². The molecule has 1 N–H and O–H groups in total. The van der Waals surface area contributed by atoms with Gasteiger partial charge in [-0.2, -0.15) is 0 Å². The first kappa shape index (κ1) is 13.7. The van der Waals surface area contributed by atoms with Crippen molar-refractivity contribution in [1.82, 2.24) is 10.2 Å². The topological polar surface area (TPSA) is 49.4 Å². The van der Waals surface area contributed by atoms with Crippen LogP contribution in [0.4, 0.5) is 0 Å². The molecule has 17 heavy (non-hydrogen) atoms. The van der Waals surface area contributed by atoms with E-state index >= 15 is 0 Å². The molecule has 92 valence electrons. The van der Waals surface area contributed by atoms with Gasteiger partial charge in [0, 0.05) is 24.1 Å². The zero-order valence-electron chi connectivity index (χ0n) is 10.1. The highest BCUT2D eigenvalue weighted by Crippen LogP contribution is 2.15. The average Bonchev–Trinajstić information content (AvgIpc) is 2.23. The van der Waals surface area contributed by atoms with Gasteiger partial charge in [-0.15, -0.1) is 0 Å². The van der Waals surface area contributed by atoms with Gasteiger partial charge in [0.05, 0.1) is 6.54 Å². The fourth-order valence-corrected chi connectivity index (χ4v) is 1.89. The van der Waals surface area contributed by atoms with Crippen LogP contribution in [-0.2, 0) is 4.79 Å². The predicted molar refractivity (Wildman–Crippen MR) is 69.9 cm³/mol. The minimum atomic E-state index is -0.246. The summed E-state index contributed by atoms with van der Waals surface area (Å²) in [6.07, 6.45) is 0. The lowest BCUT2D eigenvalue weighted by Gasteiger charge is -2.11. The summed E-state index contributed by atoms with van der Waals surface area (Å²) < 4.78 is 0.849. The molecule has 0 aliphatic carbocycles. The zero-order valence-corrected chi connectivity index (χ0v) is 11.7. The van der Waals surface area contributed by atoms with E-state index in [9.17, 15) is 9.59 Å². The van der Waals surface area contributed by atoms with Crippen molar-refractivity contribution in [3.63, 3.8) is 0 Å². The monoisotopic (exact) mass is 298 g/mol. The normalized spacial score (nSPS) is 9.88. The maximum absolute atomic E-state index is 11.8. The average molecular weight is 299 g/mol. The molecular weight excluding hydrogens is 284 g/mol. The Kier molecular flexibility index (Phi) is 4.69. The van der Waals surface area contributed by atoms with Gasteiger partial charge in [-0.05, 0) is 30.7 Å². The van der Waals surface area contributed by atoms with Crippen LogP contribution in [0.15, 0.2) is 22.7 Å². The van der Waals surface area contributed by atoms with Gasteiger partial charge in [-0.3, -0.25) is 9.59 Å². The lowest BCUT2D eigenvalue weighted by atomic mass is 10.1. The van der Waals surface area contributed by atoms with Crippen molar-refractivity contribution in [2.75, 3.05) is 20.6 Å². The fraction of sp³-hybridized carbons (Fsp3) is 0.333. The maximum Gasteiger partial charge on any atom is 0.251 e. The Morgan fingerprint density at radius 3 is 2.47 bits per heavy atom. The highest BCUT2D eigenvalue weighted by Gasteiger charge is 2.09. The Hall–Kier alpha value is -1.36. The molecule has 2 amide bonds. The first-order valence-corrected chi connectivity index (χ1v) is 5.95.